The van der Waals surface area contributed by atoms with Crippen molar-refractivity contribution >= 4 is 5.91 Å². The van der Waals surface area contributed by atoms with Gasteiger partial charge < -0.3 is 5.32 Å². The molecule has 1 atom stereocenters. The van der Waals surface area contributed by atoms with E-state index in [1.54, 1.807) is 6.07 Å². The highest BCUT2D eigenvalue weighted by Crippen LogP contribution is 2.32. The largest absolute Gasteiger partial charge is 0.416 e. The Morgan fingerprint density at radius 3 is 2.56 bits per heavy atom. The first-order valence-corrected chi connectivity index (χ1v) is 5.76. The molecule has 0 aliphatic heterocycles. The monoisotopic (exact) mass is 259 g/mol. The molecule has 1 aromatic carbocycles. The van der Waals surface area contributed by atoms with Gasteiger partial charge in [-0.1, -0.05) is 25.1 Å². The van der Waals surface area contributed by atoms with Crippen LogP contribution in [0.5, 0.6) is 0 Å². The molecule has 0 bridgehead atoms. The fourth-order valence-corrected chi connectivity index (χ4v) is 1.79. The van der Waals surface area contributed by atoms with E-state index in [0.29, 0.717) is 12.0 Å². The summed E-state index contributed by atoms with van der Waals surface area (Å²) in [6.45, 7) is 1.86. The average Bonchev–Trinajstić information content (AvgIpc) is 2.34. The van der Waals surface area contributed by atoms with E-state index in [9.17, 15) is 18.0 Å². The number of halogens is 3. The molecule has 0 saturated carbocycles. The van der Waals surface area contributed by atoms with Gasteiger partial charge in [-0.05, 0) is 24.0 Å². The molecule has 0 aliphatic carbocycles. The molecule has 2 nitrogen and oxygen atoms in total. The van der Waals surface area contributed by atoms with E-state index < -0.39 is 11.7 Å². The molecule has 1 N–H and O–H groups in total. The summed E-state index contributed by atoms with van der Waals surface area (Å²) in [6.07, 6.45) is -3.52. The Morgan fingerprint density at radius 2 is 2.06 bits per heavy atom. The number of hydrogen-bond acceptors (Lipinski definition) is 1. The molecule has 0 radical (unpaired) electrons. The molecule has 0 aromatic heterocycles. The summed E-state index contributed by atoms with van der Waals surface area (Å²) in [4.78, 5) is 11.3. The number of carbonyl (C=O) groups excluding carboxylic acids is 1. The van der Waals surface area contributed by atoms with Gasteiger partial charge in [0.05, 0.1) is 5.56 Å². The second kappa shape index (κ2) is 5.89. The van der Waals surface area contributed by atoms with E-state index in [0.717, 1.165) is 12.1 Å². The first-order chi connectivity index (χ1) is 8.38. The molecule has 1 amide bonds. The van der Waals surface area contributed by atoms with Crippen LogP contribution < -0.4 is 5.32 Å². The maximum atomic E-state index is 12.6. The normalized spacial score (nSPS) is 13.2. The van der Waals surface area contributed by atoms with Gasteiger partial charge >= 0.3 is 6.18 Å². The lowest BCUT2D eigenvalue weighted by molar-refractivity contribution is -0.137. The van der Waals surface area contributed by atoms with E-state index in [1.807, 2.05) is 6.92 Å². The lowest BCUT2D eigenvalue weighted by atomic mass is 9.91. The third-order valence-electron chi connectivity index (χ3n) is 2.89. The fraction of sp³-hybridized carbons (Fsp3) is 0.462. The van der Waals surface area contributed by atoms with Gasteiger partial charge in [-0.15, -0.1) is 0 Å². The van der Waals surface area contributed by atoms with E-state index in [1.165, 1.54) is 13.1 Å². The number of benzene rings is 1. The predicted octanol–water partition coefficient (Wildman–Crippen LogP) is 3.34. The molecule has 5 heteroatoms. The van der Waals surface area contributed by atoms with E-state index in [2.05, 4.69) is 5.32 Å². The summed E-state index contributed by atoms with van der Waals surface area (Å²) >= 11 is 0. The Balaban J connectivity index is 2.96. The molecule has 1 rings (SSSR count). The van der Waals surface area contributed by atoms with Crippen molar-refractivity contribution in [2.45, 2.75) is 31.9 Å². The van der Waals surface area contributed by atoms with Gasteiger partial charge in [0.2, 0.25) is 5.91 Å². The van der Waals surface area contributed by atoms with Gasteiger partial charge in [0.25, 0.3) is 0 Å². The van der Waals surface area contributed by atoms with Crippen molar-refractivity contribution < 1.29 is 18.0 Å². The lowest BCUT2D eigenvalue weighted by Crippen LogP contribution is -2.20. The maximum absolute atomic E-state index is 12.6. The highest BCUT2D eigenvalue weighted by Gasteiger charge is 2.31. The number of alkyl halides is 3. The predicted molar refractivity (Wildman–Crippen MR) is 63.2 cm³/mol. The minimum absolute atomic E-state index is 0.167. The Bertz CT molecular complexity index is 415. The average molecular weight is 259 g/mol. The topological polar surface area (TPSA) is 29.1 Å². The second-order valence-electron chi connectivity index (χ2n) is 4.11. The Labute approximate surface area is 104 Å². The van der Waals surface area contributed by atoms with Gasteiger partial charge in [-0.3, -0.25) is 4.79 Å². The van der Waals surface area contributed by atoms with E-state index in [4.69, 9.17) is 0 Å². The molecule has 0 aliphatic rings. The minimum Gasteiger partial charge on any atom is -0.359 e. The first-order valence-electron chi connectivity index (χ1n) is 5.76. The molecule has 0 spiro atoms. The fourth-order valence-electron chi connectivity index (χ4n) is 1.79. The zero-order valence-electron chi connectivity index (χ0n) is 10.3. The van der Waals surface area contributed by atoms with Crippen molar-refractivity contribution in [2.24, 2.45) is 0 Å². The van der Waals surface area contributed by atoms with Gasteiger partial charge in [-0.25, -0.2) is 0 Å². The first kappa shape index (κ1) is 14.5. The van der Waals surface area contributed by atoms with Crippen molar-refractivity contribution in [1.29, 1.82) is 0 Å². The van der Waals surface area contributed by atoms with Gasteiger partial charge in [0.1, 0.15) is 0 Å². The Morgan fingerprint density at radius 1 is 1.39 bits per heavy atom. The standard InChI is InChI=1S/C13H16F3NO/c1-3-9(8-12(18)17-2)10-5-4-6-11(7-10)13(14,15)16/h4-7,9H,3,8H2,1-2H3,(H,17,18). The second-order valence-corrected chi connectivity index (χ2v) is 4.11. The van der Waals surface area contributed by atoms with Crippen LogP contribution in [-0.4, -0.2) is 13.0 Å². The van der Waals surface area contributed by atoms with Crippen LogP contribution in [0, 0.1) is 0 Å². The van der Waals surface area contributed by atoms with Crippen molar-refractivity contribution in [1.82, 2.24) is 5.32 Å². The smallest absolute Gasteiger partial charge is 0.359 e. The van der Waals surface area contributed by atoms with Crippen LogP contribution in [0.4, 0.5) is 13.2 Å². The zero-order valence-corrected chi connectivity index (χ0v) is 10.3. The summed E-state index contributed by atoms with van der Waals surface area (Å²) in [5.74, 6) is -0.355. The van der Waals surface area contributed by atoms with Gasteiger partial charge in [-0.2, -0.15) is 13.2 Å². The minimum atomic E-state index is -4.35. The lowest BCUT2D eigenvalue weighted by Gasteiger charge is -2.16. The maximum Gasteiger partial charge on any atom is 0.416 e. The van der Waals surface area contributed by atoms with Crippen LogP contribution in [0.25, 0.3) is 0 Å². The molecule has 0 saturated heterocycles. The molecule has 100 valence electrons. The van der Waals surface area contributed by atoms with Crippen LogP contribution in [0.3, 0.4) is 0 Å². The third kappa shape index (κ3) is 3.75. The third-order valence-corrected chi connectivity index (χ3v) is 2.89. The van der Waals surface area contributed by atoms with E-state index in [-0.39, 0.29) is 18.2 Å². The van der Waals surface area contributed by atoms with Crippen molar-refractivity contribution in [2.75, 3.05) is 7.05 Å². The van der Waals surface area contributed by atoms with E-state index >= 15 is 0 Å². The molecule has 0 heterocycles. The molecular formula is C13H16F3NO. The Hall–Kier alpha value is -1.52. The summed E-state index contributed by atoms with van der Waals surface area (Å²) in [5, 5.41) is 2.48. The number of nitrogens with one attached hydrogen (secondary N) is 1. The van der Waals surface area contributed by atoms with Crippen LogP contribution in [0.15, 0.2) is 24.3 Å². The highest BCUT2D eigenvalue weighted by atomic mass is 19.4. The van der Waals surface area contributed by atoms with Crippen LogP contribution >= 0.6 is 0 Å². The van der Waals surface area contributed by atoms with Crippen LogP contribution in [0.2, 0.25) is 0 Å². The molecule has 1 unspecified atom stereocenters. The van der Waals surface area contributed by atoms with Crippen LogP contribution in [-0.2, 0) is 11.0 Å². The van der Waals surface area contributed by atoms with Gasteiger partial charge in [0.15, 0.2) is 0 Å². The highest BCUT2D eigenvalue weighted by molar-refractivity contribution is 5.76. The number of hydrogen-bond donors (Lipinski definition) is 1. The number of amides is 1. The number of rotatable bonds is 4. The van der Waals surface area contributed by atoms with Crippen molar-refractivity contribution in [3.63, 3.8) is 0 Å². The summed E-state index contributed by atoms with van der Waals surface area (Å²) in [7, 11) is 1.52. The van der Waals surface area contributed by atoms with Crippen molar-refractivity contribution in [3.05, 3.63) is 35.4 Å². The zero-order chi connectivity index (χ0) is 13.8. The molecular weight excluding hydrogens is 243 g/mol. The van der Waals surface area contributed by atoms with Crippen molar-refractivity contribution in [3.8, 4) is 0 Å². The van der Waals surface area contributed by atoms with Crippen LogP contribution in [0.1, 0.15) is 36.8 Å². The summed E-state index contributed by atoms with van der Waals surface area (Å²) in [5.41, 5.74) is -0.119. The SMILES string of the molecule is CCC(CC(=O)NC)c1cccc(C(F)(F)F)c1. The molecule has 0 fully saturated rings. The summed E-state index contributed by atoms with van der Waals surface area (Å²) in [6, 6.07) is 5.17. The quantitative estimate of drug-likeness (QED) is 0.882. The molecule has 1 aromatic rings. The number of carbonyl (C=O) groups is 1. The molecule has 18 heavy (non-hydrogen) atoms. The summed E-state index contributed by atoms with van der Waals surface area (Å²) < 4.78 is 37.8. The Kier molecular flexibility index (Phi) is 4.76. The van der Waals surface area contributed by atoms with Gasteiger partial charge in [0, 0.05) is 13.5 Å².